The minimum absolute atomic E-state index is 0.0864. The summed E-state index contributed by atoms with van der Waals surface area (Å²) in [4.78, 5) is 5.07. The molecule has 0 saturated carbocycles. The number of para-hydroxylation sites is 1. The normalized spacial score (nSPS) is 14.6. The SMILES string of the molecule is CC1(C)c2ccccc2-c2ccc(N(c3ccccc3)c3ccc(-c4cccc5c4C4(c6ccccc6-c6ccccc64)c4ccc6ccccc6c4S5)cc3)cc21. The highest BCUT2D eigenvalue weighted by Crippen LogP contribution is 2.64. The highest BCUT2D eigenvalue weighted by Gasteiger charge is 2.51. The van der Waals surface area contributed by atoms with Crippen LogP contribution in [0.4, 0.5) is 17.1 Å². The molecule has 58 heavy (non-hydrogen) atoms. The fourth-order valence-corrected chi connectivity index (χ4v) is 11.9. The molecule has 12 rings (SSSR count). The van der Waals surface area contributed by atoms with Gasteiger partial charge in [0, 0.05) is 32.3 Å². The lowest BCUT2D eigenvalue weighted by Crippen LogP contribution is -2.32. The van der Waals surface area contributed by atoms with Crippen molar-refractivity contribution < 1.29 is 0 Å². The number of benzene rings is 9. The fraction of sp³-hybridized carbons (Fsp3) is 0.0714. The molecular formula is C56H39NS. The van der Waals surface area contributed by atoms with E-state index in [-0.39, 0.29) is 5.41 Å². The molecule has 0 radical (unpaired) electrons. The zero-order chi connectivity index (χ0) is 38.6. The fourth-order valence-electron chi connectivity index (χ4n) is 10.6. The first-order valence-corrected chi connectivity index (χ1v) is 21.1. The van der Waals surface area contributed by atoms with Crippen molar-refractivity contribution in [3.05, 3.63) is 234 Å². The van der Waals surface area contributed by atoms with Crippen LogP contribution >= 0.6 is 11.8 Å². The van der Waals surface area contributed by atoms with Crippen LogP contribution in [0.25, 0.3) is 44.2 Å². The van der Waals surface area contributed by atoms with E-state index in [0.29, 0.717) is 0 Å². The third-order valence-electron chi connectivity index (χ3n) is 13.1. The first kappa shape index (κ1) is 33.5. The highest BCUT2D eigenvalue weighted by molar-refractivity contribution is 7.99. The molecule has 9 aromatic carbocycles. The summed E-state index contributed by atoms with van der Waals surface area (Å²) in [5.74, 6) is 0. The Balaban J connectivity index is 1.05. The largest absolute Gasteiger partial charge is 0.310 e. The molecular weight excluding hydrogens is 719 g/mol. The summed E-state index contributed by atoms with van der Waals surface area (Å²) in [6, 6.07) is 74.8. The van der Waals surface area contributed by atoms with E-state index in [0.717, 1.165) is 17.1 Å². The second-order valence-corrected chi connectivity index (χ2v) is 17.5. The summed E-state index contributed by atoms with van der Waals surface area (Å²) in [6.07, 6.45) is 0. The lowest BCUT2D eigenvalue weighted by molar-refractivity contribution is 0.660. The molecule has 2 heteroatoms. The second-order valence-electron chi connectivity index (χ2n) is 16.4. The Bertz CT molecular complexity index is 3080. The smallest absolute Gasteiger partial charge is 0.0741 e. The number of fused-ring (bicyclic) bond motifs is 14. The van der Waals surface area contributed by atoms with E-state index >= 15 is 0 Å². The summed E-state index contributed by atoms with van der Waals surface area (Å²) in [7, 11) is 0. The zero-order valence-corrected chi connectivity index (χ0v) is 33.2. The summed E-state index contributed by atoms with van der Waals surface area (Å²) < 4.78 is 0. The van der Waals surface area contributed by atoms with Crippen molar-refractivity contribution in [1.82, 2.24) is 0 Å². The monoisotopic (exact) mass is 757 g/mol. The molecule has 9 aromatic rings. The van der Waals surface area contributed by atoms with Crippen LogP contribution in [-0.2, 0) is 10.8 Å². The molecule has 0 unspecified atom stereocenters. The third-order valence-corrected chi connectivity index (χ3v) is 14.3. The quantitative estimate of drug-likeness (QED) is 0.176. The maximum absolute atomic E-state index is 2.42. The van der Waals surface area contributed by atoms with Gasteiger partial charge in [-0.1, -0.05) is 183 Å². The van der Waals surface area contributed by atoms with Crippen LogP contribution in [0.5, 0.6) is 0 Å². The minimum atomic E-state index is -0.479. The van der Waals surface area contributed by atoms with Crippen LogP contribution in [0.1, 0.15) is 47.2 Å². The molecule has 1 heterocycles. The van der Waals surface area contributed by atoms with Crippen molar-refractivity contribution in [1.29, 1.82) is 0 Å². The van der Waals surface area contributed by atoms with Crippen molar-refractivity contribution in [2.24, 2.45) is 0 Å². The molecule has 0 aromatic heterocycles. The zero-order valence-electron chi connectivity index (χ0n) is 32.4. The number of rotatable bonds is 4. The maximum atomic E-state index is 2.42. The standard InChI is InChI=1S/C56H39NS/c1-55(2)47-23-11-8-19-43(47)46-33-32-40(35-51(46)55)57(38-16-4-3-5-17-38)39-30-27-37(28-31-39)41-22-14-26-52-53(41)56(50-34-29-36-15-6-7-18-42(36)54(50)58-52)48-24-12-9-20-44(48)45-21-10-13-25-49(45)56/h3-35H,1-2H3. The molecule has 1 spiro atoms. The summed E-state index contributed by atoms with van der Waals surface area (Å²) >= 11 is 1.93. The van der Waals surface area contributed by atoms with Gasteiger partial charge in [-0.15, -0.1) is 0 Å². The van der Waals surface area contributed by atoms with E-state index in [9.17, 15) is 0 Å². The summed E-state index contributed by atoms with van der Waals surface area (Å²) in [5, 5.41) is 2.59. The van der Waals surface area contributed by atoms with Crippen molar-refractivity contribution in [2.75, 3.05) is 4.90 Å². The number of hydrogen-bond acceptors (Lipinski definition) is 2. The van der Waals surface area contributed by atoms with Gasteiger partial charge in [-0.3, -0.25) is 0 Å². The van der Waals surface area contributed by atoms with Crippen LogP contribution in [-0.4, -0.2) is 0 Å². The number of nitrogens with zero attached hydrogens (tertiary/aromatic N) is 1. The van der Waals surface area contributed by atoms with Gasteiger partial charge in [-0.25, -0.2) is 0 Å². The maximum Gasteiger partial charge on any atom is 0.0741 e. The van der Waals surface area contributed by atoms with E-state index in [1.807, 2.05) is 11.8 Å². The average Bonchev–Trinajstić information content (AvgIpc) is 3.69. The highest BCUT2D eigenvalue weighted by atomic mass is 32.2. The summed E-state index contributed by atoms with van der Waals surface area (Å²) in [5.41, 5.74) is 18.9. The Hall–Kier alpha value is -6.61. The molecule has 0 atom stereocenters. The van der Waals surface area contributed by atoms with Crippen molar-refractivity contribution in [2.45, 2.75) is 34.5 Å². The van der Waals surface area contributed by atoms with Crippen molar-refractivity contribution in [3.63, 3.8) is 0 Å². The lowest BCUT2D eigenvalue weighted by atomic mass is 9.65. The van der Waals surface area contributed by atoms with Crippen LogP contribution in [0.3, 0.4) is 0 Å². The van der Waals surface area contributed by atoms with Crippen LogP contribution < -0.4 is 4.90 Å². The van der Waals surface area contributed by atoms with Gasteiger partial charge in [0.2, 0.25) is 0 Å². The molecule has 2 aliphatic carbocycles. The molecule has 274 valence electrons. The molecule has 3 aliphatic rings. The lowest BCUT2D eigenvalue weighted by Gasteiger charge is -2.41. The van der Waals surface area contributed by atoms with Gasteiger partial charge in [0.15, 0.2) is 0 Å². The Kier molecular flexibility index (Phi) is 7.19. The van der Waals surface area contributed by atoms with E-state index in [2.05, 4.69) is 219 Å². The van der Waals surface area contributed by atoms with Crippen molar-refractivity contribution in [3.8, 4) is 33.4 Å². The van der Waals surface area contributed by atoms with Gasteiger partial charge in [0.1, 0.15) is 0 Å². The molecule has 0 amide bonds. The van der Waals surface area contributed by atoms with E-state index in [1.165, 1.54) is 87.3 Å². The van der Waals surface area contributed by atoms with Crippen molar-refractivity contribution >= 4 is 39.6 Å². The molecule has 0 fully saturated rings. The minimum Gasteiger partial charge on any atom is -0.310 e. The average molecular weight is 758 g/mol. The van der Waals surface area contributed by atoms with Gasteiger partial charge >= 0.3 is 0 Å². The number of anilines is 3. The van der Waals surface area contributed by atoms with Crippen LogP contribution in [0, 0.1) is 0 Å². The van der Waals surface area contributed by atoms with Crippen LogP contribution in [0.15, 0.2) is 210 Å². The van der Waals surface area contributed by atoms with Gasteiger partial charge in [-0.2, -0.15) is 0 Å². The van der Waals surface area contributed by atoms with Gasteiger partial charge in [0.05, 0.1) is 5.41 Å². The molecule has 0 N–H and O–H groups in total. The summed E-state index contributed by atoms with van der Waals surface area (Å²) in [6.45, 7) is 4.72. The topological polar surface area (TPSA) is 3.24 Å². The predicted octanol–water partition coefficient (Wildman–Crippen LogP) is 15.1. The first-order chi connectivity index (χ1) is 28.5. The molecule has 1 aliphatic heterocycles. The predicted molar refractivity (Wildman–Crippen MR) is 243 cm³/mol. The van der Waals surface area contributed by atoms with Gasteiger partial charge in [-0.05, 0) is 120 Å². The van der Waals surface area contributed by atoms with Crippen LogP contribution in [0.2, 0.25) is 0 Å². The van der Waals surface area contributed by atoms with Gasteiger partial charge in [0.25, 0.3) is 0 Å². The van der Waals surface area contributed by atoms with Gasteiger partial charge < -0.3 is 4.90 Å². The second kappa shape index (κ2) is 12.4. The first-order valence-electron chi connectivity index (χ1n) is 20.3. The molecule has 0 bridgehead atoms. The van der Waals surface area contributed by atoms with E-state index in [4.69, 9.17) is 0 Å². The Morgan fingerprint density at radius 1 is 0.397 bits per heavy atom. The Morgan fingerprint density at radius 2 is 0.966 bits per heavy atom. The third kappa shape index (κ3) is 4.55. The Labute approximate surface area is 344 Å². The number of hydrogen-bond donors (Lipinski definition) is 0. The van der Waals surface area contributed by atoms with E-state index < -0.39 is 5.41 Å². The Morgan fingerprint density at radius 3 is 1.71 bits per heavy atom. The van der Waals surface area contributed by atoms with E-state index in [1.54, 1.807) is 0 Å². The molecule has 0 saturated heterocycles. The molecule has 1 nitrogen and oxygen atoms in total.